The molecule has 0 saturated carbocycles. The first kappa shape index (κ1) is 30.4. The fourth-order valence-corrected chi connectivity index (χ4v) is 6.87. The van der Waals surface area contributed by atoms with E-state index in [0.717, 1.165) is 17.0 Å². The topological polar surface area (TPSA) is 112 Å². The standard InChI is InChI=1S/C27H27F3N6O3S2/c1-26(2)24(37)36(21-7-6-20(18-32)23(16-21)27(28,29)30)25(40)35(26)11-3-10-33-12-14-34(15-13-33)41(38,39)22-8-4-19(17-31)5-9-22/h4-9,16H,3,10-15H2,1-2H3. The second-order valence-electron chi connectivity index (χ2n) is 10.2. The number of amides is 1. The molecule has 1 amide bonds. The summed E-state index contributed by atoms with van der Waals surface area (Å²) >= 11 is 5.54. The van der Waals surface area contributed by atoms with Crippen molar-refractivity contribution in [1.82, 2.24) is 14.1 Å². The molecule has 2 aliphatic rings. The van der Waals surface area contributed by atoms with E-state index >= 15 is 0 Å². The van der Waals surface area contributed by atoms with Crippen LogP contribution in [0.25, 0.3) is 0 Å². The maximum Gasteiger partial charge on any atom is 0.417 e. The molecule has 14 heteroatoms. The molecule has 2 aliphatic heterocycles. The summed E-state index contributed by atoms with van der Waals surface area (Å²) < 4.78 is 67.9. The number of thiocarbonyl (C=S) groups is 1. The number of nitrogens with zero attached hydrogens (tertiary/aromatic N) is 6. The van der Waals surface area contributed by atoms with E-state index in [4.69, 9.17) is 22.7 Å². The number of carbonyl (C=O) groups is 1. The van der Waals surface area contributed by atoms with Crippen LogP contribution in [0.5, 0.6) is 0 Å². The van der Waals surface area contributed by atoms with Gasteiger partial charge in [0, 0.05) is 32.7 Å². The highest BCUT2D eigenvalue weighted by molar-refractivity contribution is 7.89. The smallest absolute Gasteiger partial charge is 0.334 e. The maximum absolute atomic E-state index is 13.5. The number of anilines is 1. The summed E-state index contributed by atoms with van der Waals surface area (Å²) in [5.41, 5.74) is -2.45. The zero-order chi connectivity index (χ0) is 30.2. The summed E-state index contributed by atoms with van der Waals surface area (Å²) in [5.74, 6) is -0.470. The Morgan fingerprint density at radius 1 is 0.976 bits per heavy atom. The maximum atomic E-state index is 13.5. The van der Waals surface area contributed by atoms with Crippen LogP contribution in [-0.2, 0) is 21.0 Å². The molecule has 0 atom stereocenters. The van der Waals surface area contributed by atoms with Crippen molar-refractivity contribution >= 4 is 38.9 Å². The van der Waals surface area contributed by atoms with E-state index in [1.807, 2.05) is 6.07 Å². The highest BCUT2D eigenvalue weighted by Crippen LogP contribution is 2.38. The van der Waals surface area contributed by atoms with E-state index in [0.29, 0.717) is 51.3 Å². The molecule has 2 aromatic rings. The average molecular weight is 605 g/mol. The molecule has 0 N–H and O–H groups in total. The highest BCUT2D eigenvalue weighted by Gasteiger charge is 2.49. The molecule has 0 aromatic heterocycles. The van der Waals surface area contributed by atoms with Gasteiger partial charge in [-0.1, -0.05) is 0 Å². The minimum absolute atomic E-state index is 0.0542. The van der Waals surface area contributed by atoms with Crippen molar-refractivity contribution in [3.05, 3.63) is 59.2 Å². The summed E-state index contributed by atoms with van der Waals surface area (Å²) in [4.78, 5) is 18.3. The van der Waals surface area contributed by atoms with Crippen LogP contribution in [0.2, 0.25) is 0 Å². The van der Waals surface area contributed by atoms with Gasteiger partial charge in [-0.25, -0.2) is 8.42 Å². The summed E-state index contributed by atoms with van der Waals surface area (Å²) in [7, 11) is -3.68. The van der Waals surface area contributed by atoms with Crippen LogP contribution in [-0.4, -0.2) is 78.3 Å². The number of rotatable bonds is 7. The molecule has 41 heavy (non-hydrogen) atoms. The van der Waals surface area contributed by atoms with Crippen LogP contribution < -0.4 is 4.90 Å². The van der Waals surface area contributed by atoms with Crippen molar-refractivity contribution in [2.24, 2.45) is 0 Å². The molecule has 0 bridgehead atoms. The predicted octanol–water partition coefficient (Wildman–Crippen LogP) is 3.56. The minimum atomic E-state index is -4.77. The van der Waals surface area contributed by atoms with Crippen molar-refractivity contribution in [2.45, 2.75) is 36.9 Å². The van der Waals surface area contributed by atoms with Gasteiger partial charge >= 0.3 is 6.18 Å². The van der Waals surface area contributed by atoms with Gasteiger partial charge in [-0.3, -0.25) is 9.69 Å². The lowest BCUT2D eigenvalue weighted by Gasteiger charge is -2.35. The average Bonchev–Trinajstić information content (AvgIpc) is 3.11. The fraction of sp³-hybridized carbons (Fsp3) is 0.407. The van der Waals surface area contributed by atoms with Gasteiger partial charge in [0.15, 0.2) is 5.11 Å². The zero-order valence-electron chi connectivity index (χ0n) is 22.3. The summed E-state index contributed by atoms with van der Waals surface area (Å²) in [6.45, 7) is 5.86. The third-order valence-corrected chi connectivity index (χ3v) is 9.63. The van der Waals surface area contributed by atoms with Crippen LogP contribution in [0.3, 0.4) is 0 Å². The minimum Gasteiger partial charge on any atom is -0.334 e. The predicted molar refractivity (Wildman–Crippen MR) is 148 cm³/mol. The van der Waals surface area contributed by atoms with E-state index < -0.39 is 38.8 Å². The normalized spacial score (nSPS) is 18.4. The molecule has 2 heterocycles. The van der Waals surface area contributed by atoms with E-state index in [-0.39, 0.29) is 15.7 Å². The third kappa shape index (κ3) is 5.92. The van der Waals surface area contributed by atoms with Gasteiger partial charge in [0.1, 0.15) is 5.54 Å². The van der Waals surface area contributed by atoms with Crippen molar-refractivity contribution in [1.29, 1.82) is 10.5 Å². The molecular formula is C27H27F3N6O3S2. The first-order valence-electron chi connectivity index (χ1n) is 12.7. The first-order chi connectivity index (χ1) is 19.2. The number of benzene rings is 2. The van der Waals surface area contributed by atoms with Gasteiger partial charge in [-0.05, 0) is 81.5 Å². The summed E-state index contributed by atoms with van der Waals surface area (Å²) in [5, 5.41) is 18.1. The van der Waals surface area contributed by atoms with E-state index in [1.54, 1.807) is 18.7 Å². The number of hydrogen-bond acceptors (Lipinski definition) is 7. The number of sulfonamides is 1. The Hall–Kier alpha value is -3.56. The Morgan fingerprint density at radius 3 is 2.17 bits per heavy atom. The van der Waals surface area contributed by atoms with Crippen molar-refractivity contribution in [2.75, 3.05) is 44.2 Å². The number of alkyl halides is 3. The second-order valence-corrected chi connectivity index (χ2v) is 12.5. The molecule has 0 unspecified atom stereocenters. The summed E-state index contributed by atoms with van der Waals surface area (Å²) in [6.07, 6.45) is -4.19. The first-order valence-corrected chi connectivity index (χ1v) is 14.6. The number of nitriles is 2. The molecule has 216 valence electrons. The van der Waals surface area contributed by atoms with E-state index in [9.17, 15) is 26.4 Å². The number of halogens is 3. The van der Waals surface area contributed by atoms with Gasteiger partial charge in [0.2, 0.25) is 10.0 Å². The monoisotopic (exact) mass is 604 g/mol. The van der Waals surface area contributed by atoms with Gasteiger partial charge in [0.25, 0.3) is 5.91 Å². The quantitative estimate of drug-likeness (QED) is 0.442. The van der Waals surface area contributed by atoms with Crippen LogP contribution in [0.15, 0.2) is 47.4 Å². The molecule has 2 saturated heterocycles. The van der Waals surface area contributed by atoms with Crippen LogP contribution >= 0.6 is 12.2 Å². The van der Waals surface area contributed by atoms with Crippen LogP contribution in [0.4, 0.5) is 18.9 Å². The lowest BCUT2D eigenvalue weighted by atomic mass is 10.0. The highest BCUT2D eigenvalue weighted by atomic mass is 32.2. The zero-order valence-corrected chi connectivity index (χ0v) is 24.0. The molecule has 0 spiro atoms. The Morgan fingerprint density at radius 2 is 1.61 bits per heavy atom. The number of piperazine rings is 1. The van der Waals surface area contributed by atoms with Crippen LogP contribution in [0, 0.1) is 22.7 Å². The van der Waals surface area contributed by atoms with E-state index in [2.05, 4.69) is 4.90 Å². The van der Waals surface area contributed by atoms with Gasteiger partial charge in [0.05, 0.1) is 39.4 Å². The SMILES string of the molecule is CC1(C)C(=O)N(c2ccc(C#N)c(C(F)(F)F)c2)C(=S)N1CCCN1CCN(S(=O)(=O)c2ccc(C#N)cc2)CC1. The lowest BCUT2D eigenvalue weighted by Crippen LogP contribution is -2.49. The molecule has 2 aromatic carbocycles. The van der Waals surface area contributed by atoms with Crippen molar-refractivity contribution in [3.8, 4) is 12.1 Å². The van der Waals surface area contributed by atoms with E-state index in [1.165, 1.54) is 40.7 Å². The van der Waals surface area contributed by atoms with Gasteiger partial charge in [-0.2, -0.15) is 28.0 Å². The number of hydrogen-bond donors (Lipinski definition) is 0. The molecule has 0 radical (unpaired) electrons. The Kier molecular flexibility index (Phi) is 8.43. The molecule has 4 rings (SSSR count). The van der Waals surface area contributed by atoms with Gasteiger partial charge < -0.3 is 9.80 Å². The van der Waals surface area contributed by atoms with Crippen molar-refractivity contribution < 1.29 is 26.4 Å². The van der Waals surface area contributed by atoms with Gasteiger partial charge in [-0.15, -0.1) is 0 Å². The molecular weight excluding hydrogens is 577 g/mol. The van der Waals surface area contributed by atoms with Crippen LogP contribution in [0.1, 0.15) is 37.0 Å². The number of carbonyl (C=O) groups excluding carboxylic acids is 1. The fourth-order valence-electron chi connectivity index (χ4n) is 4.94. The molecule has 0 aliphatic carbocycles. The Balaban J connectivity index is 1.37. The second kappa shape index (κ2) is 11.4. The van der Waals surface area contributed by atoms with Crippen molar-refractivity contribution in [3.63, 3.8) is 0 Å². The Labute approximate surface area is 242 Å². The largest absolute Gasteiger partial charge is 0.417 e. The molecule has 2 fully saturated rings. The summed E-state index contributed by atoms with van der Waals surface area (Å²) in [6, 6.07) is 12.4. The third-order valence-electron chi connectivity index (χ3n) is 7.32. The molecule has 9 nitrogen and oxygen atoms in total. The Bertz CT molecular complexity index is 1540. The lowest BCUT2D eigenvalue weighted by molar-refractivity contribution is -0.137.